The quantitative estimate of drug-likeness (QED) is 0.0542. The molecule has 32 heavy (non-hydrogen) atoms. The summed E-state index contributed by atoms with van der Waals surface area (Å²) in [5, 5.41) is 24.8. The number of rotatable bonds is 14. The zero-order chi connectivity index (χ0) is 23.8. The molecule has 12 nitrogen and oxygen atoms in total. The summed E-state index contributed by atoms with van der Waals surface area (Å²) in [7, 11) is 3.59. The molecule has 0 aliphatic rings. The molecule has 176 valence electrons. The van der Waals surface area contributed by atoms with Crippen molar-refractivity contribution in [1.29, 1.82) is 0 Å². The number of amides is 2. The van der Waals surface area contributed by atoms with Gasteiger partial charge in [0.05, 0.1) is 32.5 Å². The Bertz CT molecular complexity index is 627. The fraction of sp³-hybridized carbons (Fsp3) is 0.667. The molecule has 14 heteroatoms. The first-order chi connectivity index (χ1) is 13.8. The average molecular weight is 514 g/mol. The molecule has 0 aliphatic heterocycles. The molecule has 0 fully saturated rings. The fourth-order valence-electron chi connectivity index (χ4n) is 1.99. The number of carbonyl (C=O) groups is 4. The van der Waals surface area contributed by atoms with Crippen LogP contribution in [0, 0.1) is 0 Å². The Morgan fingerprint density at radius 3 is 1.69 bits per heavy atom. The van der Waals surface area contributed by atoms with Gasteiger partial charge in [-0.25, -0.2) is 4.79 Å². The number of hydrogen-bond donors (Lipinski definition) is 5. The maximum atomic E-state index is 10.7. The summed E-state index contributed by atoms with van der Waals surface area (Å²) in [6.45, 7) is 4.87. The normalized spacial score (nSPS) is 10.1. The van der Waals surface area contributed by atoms with Gasteiger partial charge >= 0.3 is 87.4 Å². The molecule has 0 aliphatic carbocycles. The van der Waals surface area contributed by atoms with E-state index in [1.54, 1.807) is 27.9 Å². The van der Waals surface area contributed by atoms with E-state index < -0.39 is 29.3 Å². The Balaban J connectivity index is -0.000000103. The molecule has 0 aromatic carbocycles. The van der Waals surface area contributed by atoms with Crippen LogP contribution in [-0.2, 0) is 28.8 Å². The molecule has 0 saturated carbocycles. The van der Waals surface area contributed by atoms with Gasteiger partial charge in [0.25, 0.3) is 0 Å². The van der Waals surface area contributed by atoms with E-state index >= 15 is 0 Å². The van der Waals surface area contributed by atoms with Crippen molar-refractivity contribution >= 4 is 112 Å². The van der Waals surface area contributed by atoms with Crippen LogP contribution in [0.25, 0.3) is 0 Å². The second-order valence-electron chi connectivity index (χ2n) is 7.49. The Kier molecular flexibility index (Phi) is 25.8. The summed E-state index contributed by atoms with van der Waals surface area (Å²) in [5.41, 5.74) is -0.985. The average Bonchev–Trinajstić information content (AvgIpc) is 2.63. The van der Waals surface area contributed by atoms with Crippen molar-refractivity contribution in [3.63, 3.8) is 0 Å². The molecule has 0 spiro atoms. The Morgan fingerprint density at radius 2 is 1.31 bits per heavy atom. The third kappa shape index (κ3) is 24.3. The Labute approximate surface area is 250 Å². The molecule has 2 amide bonds. The predicted octanol–water partition coefficient (Wildman–Crippen LogP) is -2.72. The van der Waals surface area contributed by atoms with Crippen LogP contribution in [0.2, 0.25) is 0 Å². The van der Waals surface area contributed by atoms with E-state index in [1.807, 2.05) is 0 Å². The van der Waals surface area contributed by atoms with Crippen molar-refractivity contribution in [2.24, 2.45) is 0 Å². The summed E-state index contributed by atoms with van der Waals surface area (Å²) < 4.78 is 0.343. The van der Waals surface area contributed by atoms with Crippen LogP contribution in [0.3, 0.4) is 0 Å². The van der Waals surface area contributed by atoms with Gasteiger partial charge in [-0.2, -0.15) is 12.6 Å². The van der Waals surface area contributed by atoms with E-state index in [1.165, 1.54) is 12.6 Å². The molecule has 0 saturated heterocycles. The van der Waals surface area contributed by atoms with Gasteiger partial charge in [0.2, 0.25) is 0 Å². The van der Waals surface area contributed by atoms with Gasteiger partial charge < -0.3 is 52.7 Å². The number of nitrogens with zero attached hydrogens (tertiary/aromatic N) is 1. The SMILES string of the molecule is CC(C)(NCCCNC(=O)[C-]=O)C(=O)O.C[N+](C)(CCCNC(=O)[C-]=O)CC(=O)O.[Ca+2].[Ca+2].[H-].[H-]. The maximum absolute atomic E-state index is 10.7. The van der Waals surface area contributed by atoms with Crippen molar-refractivity contribution < 1.29 is 46.3 Å². The van der Waals surface area contributed by atoms with E-state index in [-0.39, 0.29) is 84.9 Å². The molecular formula is C18H33Ca2N4O8+. The maximum Gasteiger partial charge on any atom is 2.00 e. The summed E-state index contributed by atoms with van der Waals surface area (Å²) in [4.78, 5) is 61.6. The third-order valence-electron chi connectivity index (χ3n) is 3.72. The standard InChI is InChI=1S/C9H16N2O4.C9H15N2O4.2Ca.2H/c1-11(2,6-9(14)15)5-3-4-10-8(13)7-12;1-9(2,8(14)15)11-5-3-4-10-7(13)6-12;;;;/h3-6H2,1-2H3,(H,10,13)(H,14,15);11H,3-5H2,1-2H3,(H,10,13)(H,14,15);;;;/q;-1;2*+2;2*-1. The van der Waals surface area contributed by atoms with Gasteiger partial charge in [0.15, 0.2) is 6.54 Å². The predicted molar refractivity (Wildman–Crippen MR) is 120 cm³/mol. The van der Waals surface area contributed by atoms with Gasteiger partial charge in [-0.1, -0.05) is 0 Å². The minimum absolute atomic E-state index is 0. The van der Waals surface area contributed by atoms with E-state index in [0.717, 1.165) is 0 Å². The number of carboxylic acids is 2. The summed E-state index contributed by atoms with van der Waals surface area (Å²) >= 11 is 0. The number of carboxylic acid groups (broad SMARTS) is 2. The second kappa shape index (κ2) is 21.2. The smallest absolute Gasteiger partial charge is 1.00 e. The number of quaternary nitrogens is 1. The number of hydrogen-bond acceptors (Lipinski definition) is 7. The summed E-state index contributed by atoms with van der Waals surface area (Å²) in [5.74, 6) is -3.34. The van der Waals surface area contributed by atoms with Crippen LogP contribution in [0.4, 0.5) is 0 Å². The van der Waals surface area contributed by atoms with Crippen LogP contribution in [0.15, 0.2) is 0 Å². The molecule has 0 rings (SSSR count). The van der Waals surface area contributed by atoms with Crippen molar-refractivity contribution in [1.82, 2.24) is 16.0 Å². The zero-order valence-electron chi connectivity index (χ0n) is 21.2. The van der Waals surface area contributed by atoms with E-state index in [2.05, 4.69) is 16.0 Å². The van der Waals surface area contributed by atoms with Crippen LogP contribution < -0.4 is 16.0 Å². The van der Waals surface area contributed by atoms with Crippen LogP contribution in [0.5, 0.6) is 0 Å². The van der Waals surface area contributed by atoms with Crippen molar-refractivity contribution in [2.45, 2.75) is 32.2 Å². The number of aliphatic carboxylic acids is 2. The van der Waals surface area contributed by atoms with Crippen LogP contribution >= 0.6 is 0 Å². The number of nitrogens with one attached hydrogen (secondary N) is 3. The number of carbonyl (C=O) groups excluding carboxylic acids is 4. The van der Waals surface area contributed by atoms with Crippen molar-refractivity contribution in [3.05, 3.63) is 0 Å². The first-order valence-corrected chi connectivity index (χ1v) is 9.11. The van der Waals surface area contributed by atoms with Crippen molar-refractivity contribution in [2.75, 3.05) is 46.8 Å². The molecular weight excluding hydrogens is 480 g/mol. The molecule has 0 unspecified atom stereocenters. The first-order valence-electron chi connectivity index (χ1n) is 9.11. The molecule has 0 aromatic heterocycles. The minimum atomic E-state index is -0.985. The molecule has 0 aromatic rings. The van der Waals surface area contributed by atoms with E-state index in [0.29, 0.717) is 43.5 Å². The van der Waals surface area contributed by atoms with Gasteiger partial charge in [-0.05, 0) is 26.8 Å². The zero-order valence-corrected chi connectivity index (χ0v) is 23.6. The Morgan fingerprint density at radius 1 is 0.875 bits per heavy atom. The molecule has 0 atom stereocenters. The first kappa shape index (κ1) is 38.9. The van der Waals surface area contributed by atoms with E-state index in [4.69, 9.17) is 10.2 Å². The molecule has 0 heterocycles. The molecule has 0 bridgehead atoms. The Hall–Kier alpha value is -0.341. The fourth-order valence-corrected chi connectivity index (χ4v) is 1.99. The summed E-state index contributed by atoms with van der Waals surface area (Å²) in [6, 6.07) is 0. The molecule has 5 N–H and O–H groups in total. The van der Waals surface area contributed by atoms with Gasteiger partial charge in [-0.3, -0.25) is 4.79 Å². The topological polar surface area (TPSA) is 179 Å². The molecule has 0 radical (unpaired) electrons. The van der Waals surface area contributed by atoms with Crippen LogP contribution in [0.1, 0.15) is 29.5 Å². The van der Waals surface area contributed by atoms with E-state index in [9.17, 15) is 28.8 Å². The largest absolute Gasteiger partial charge is 2.00 e. The minimum Gasteiger partial charge on any atom is -1.00 e. The van der Waals surface area contributed by atoms with Gasteiger partial charge in [0.1, 0.15) is 5.54 Å². The van der Waals surface area contributed by atoms with Crippen molar-refractivity contribution in [3.8, 4) is 0 Å². The van der Waals surface area contributed by atoms with Gasteiger partial charge in [-0.15, -0.1) is 0 Å². The monoisotopic (exact) mass is 513 g/mol. The summed E-state index contributed by atoms with van der Waals surface area (Å²) in [6.07, 6.45) is 3.54. The third-order valence-corrected chi connectivity index (χ3v) is 3.72. The number of likely N-dealkylation sites (N-methyl/N-ethyl adjacent to an activating group) is 1. The van der Waals surface area contributed by atoms with Gasteiger partial charge in [0, 0.05) is 19.5 Å². The van der Waals surface area contributed by atoms with Crippen LogP contribution in [-0.4, -0.2) is 179 Å². The second-order valence-corrected chi connectivity index (χ2v) is 7.49.